The molecule has 1 fully saturated rings. The summed E-state index contributed by atoms with van der Waals surface area (Å²) in [5.74, 6) is 0.135. The number of nitrogens with zero attached hydrogens (tertiary/aromatic N) is 3. The average molecular weight is 282 g/mol. The quantitative estimate of drug-likeness (QED) is 0.803. The Balaban J connectivity index is 1.96. The minimum Gasteiger partial charge on any atom is -0.326 e. The third-order valence-corrected chi connectivity index (χ3v) is 4.06. The standard InChI is InChI=1S/C16H15FN4/c17-15-12(6-5-11(8-18)14(15)10-3-4-10)16-13-2-1-7-21(13)20-9-19-16/h1-2,5-7,9-10H,3-4,8,18H2. The second-order valence-electron chi connectivity index (χ2n) is 5.42. The lowest BCUT2D eigenvalue weighted by atomic mass is 9.97. The predicted octanol–water partition coefficient (Wildman–Crippen LogP) is 2.87. The molecular formula is C16H15FN4. The SMILES string of the molecule is NCc1ccc(-c2ncnn3cccc23)c(F)c1C1CC1. The van der Waals surface area contributed by atoms with Gasteiger partial charge >= 0.3 is 0 Å². The number of nitrogens with two attached hydrogens (primary N) is 1. The topological polar surface area (TPSA) is 56.2 Å². The summed E-state index contributed by atoms with van der Waals surface area (Å²) in [5, 5.41) is 4.12. The Kier molecular flexibility index (Phi) is 2.75. The van der Waals surface area contributed by atoms with E-state index >= 15 is 4.39 Å². The molecule has 2 heterocycles. The van der Waals surface area contributed by atoms with Crippen LogP contribution in [0.3, 0.4) is 0 Å². The number of hydrogen-bond acceptors (Lipinski definition) is 3. The summed E-state index contributed by atoms with van der Waals surface area (Å²) in [6, 6.07) is 7.47. The van der Waals surface area contributed by atoms with E-state index in [1.807, 2.05) is 24.4 Å². The van der Waals surface area contributed by atoms with Crippen molar-refractivity contribution >= 4 is 5.52 Å². The van der Waals surface area contributed by atoms with Crippen LogP contribution in [0.4, 0.5) is 4.39 Å². The smallest absolute Gasteiger partial charge is 0.137 e. The van der Waals surface area contributed by atoms with Gasteiger partial charge in [0.05, 0.1) is 5.52 Å². The van der Waals surface area contributed by atoms with Gasteiger partial charge in [0.2, 0.25) is 0 Å². The van der Waals surface area contributed by atoms with Crippen LogP contribution in [0.15, 0.2) is 36.8 Å². The second kappa shape index (κ2) is 4.63. The molecule has 3 aromatic rings. The van der Waals surface area contributed by atoms with Crippen molar-refractivity contribution in [3.63, 3.8) is 0 Å². The van der Waals surface area contributed by atoms with Crippen LogP contribution in [0.2, 0.25) is 0 Å². The van der Waals surface area contributed by atoms with Crippen LogP contribution >= 0.6 is 0 Å². The average Bonchev–Trinajstić information content (AvgIpc) is 3.22. The highest BCUT2D eigenvalue weighted by molar-refractivity contribution is 5.77. The zero-order chi connectivity index (χ0) is 14.4. The van der Waals surface area contributed by atoms with Crippen molar-refractivity contribution in [2.24, 2.45) is 5.73 Å². The molecule has 0 amide bonds. The van der Waals surface area contributed by atoms with Crippen molar-refractivity contribution in [2.45, 2.75) is 25.3 Å². The molecule has 0 spiro atoms. The molecule has 0 atom stereocenters. The molecule has 21 heavy (non-hydrogen) atoms. The van der Waals surface area contributed by atoms with Gasteiger partial charge in [-0.05, 0) is 48.1 Å². The molecule has 0 bridgehead atoms. The summed E-state index contributed by atoms with van der Waals surface area (Å²) in [5.41, 5.74) is 9.39. The van der Waals surface area contributed by atoms with Gasteiger partial charge < -0.3 is 5.73 Å². The highest BCUT2D eigenvalue weighted by atomic mass is 19.1. The lowest BCUT2D eigenvalue weighted by Crippen LogP contribution is -2.05. The summed E-state index contributed by atoms with van der Waals surface area (Å²) < 4.78 is 16.7. The Morgan fingerprint density at radius 3 is 2.90 bits per heavy atom. The second-order valence-corrected chi connectivity index (χ2v) is 5.42. The number of benzene rings is 1. The largest absolute Gasteiger partial charge is 0.326 e. The van der Waals surface area contributed by atoms with Crippen LogP contribution in [-0.2, 0) is 6.54 Å². The molecule has 0 radical (unpaired) electrons. The summed E-state index contributed by atoms with van der Waals surface area (Å²) in [7, 11) is 0. The van der Waals surface area contributed by atoms with Gasteiger partial charge in [0.1, 0.15) is 17.8 Å². The van der Waals surface area contributed by atoms with Crippen molar-refractivity contribution in [1.82, 2.24) is 14.6 Å². The van der Waals surface area contributed by atoms with E-state index in [0.717, 1.165) is 29.5 Å². The molecular weight excluding hydrogens is 267 g/mol. The van der Waals surface area contributed by atoms with Gasteiger partial charge in [0.15, 0.2) is 0 Å². The van der Waals surface area contributed by atoms with Crippen molar-refractivity contribution < 1.29 is 4.39 Å². The van der Waals surface area contributed by atoms with E-state index in [1.54, 1.807) is 10.6 Å². The van der Waals surface area contributed by atoms with E-state index in [-0.39, 0.29) is 5.82 Å². The molecule has 4 nitrogen and oxygen atoms in total. The highest BCUT2D eigenvalue weighted by Crippen LogP contribution is 2.44. The predicted molar refractivity (Wildman–Crippen MR) is 78.2 cm³/mol. The number of hydrogen-bond donors (Lipinski definition) is 1. The van der Waals surface area contributed by atoms with Gasteiger partial charge in [-0.3, -0.25) is 0 Å². The Hall–Kier alpha value is -2.27. The van der Waals surface area contributed by atoms with Crippen LogP contribution in [0.25, 0.3) is 16.8 Å². The first-order chi connectivity index (χ1) is 10.3. The Bertz CT molecular complexity index is 820. The van der Waals surface area contributed by atoms with Crippen LogP contribution in [0.1, 0.15) is 29.9 Å². The summed E-state index contributed by atoms with van der Waals surface area (Å²) >= 11 is 0. The van der Waals surface area contributed by atoms with E-state index < -0.39 is 0 Å². The van der Waals surface area contributed by atoms with E-state index in [9.17, 15) is 0 Å². The Labute approximate surface area is 121 Å². The minimum atomic E-state index is -0.178. The summed E-state index contributed by atoms with van der Waals surface area (Å²) in [6.45, 7) is 0.368. The molecule has 1 aliphatic rings. The normalized spacial score (nSPS) is 14.8. The summed E-state index contributed by atoms with van der Waals surface area (Å²) in [4.78, 5) is 4.28. The van der Waals surface area contributed by atoms with Gasteiger partial charge in [-0.2, -0.15) is 5.10 Å². The van der Waals surface area contributed by atoms with E-state index in [1.165, 1.54) is 6.33 Å². The fourth-order valence-electron chi connectivity index (χ4n) is 2.88. The van der Waals surface area contributed by atoms with Crippen LogP contribution < -0.4 is 5.73 Å². The first kappa shape index (κ1) is 12.5. The zero-order valence-electron chi connectivity index (χ0n) is 11.5. The van der Waals surface area contributed by atoms with E-state index in [2.05, 4.69) is 10.1 Å². The number of fused-ring (bicyclic) bond motifs is 1. The fourth-order valence-corrected chi connectivity index (χ4v) is 2.88. The third-order valence-electron chi connectivity index (χ3n) is 4.06. The van der Waals surface area contributed by atoms with Crippen LogP contribution in [0, 0.1) is 5.82 Å². The molecule has 1 aromatic carbocycles. The third kappa shape index (κ3) is 1.93. The maximum absolute atomic E-state index is 15.0. The summed E-state index contributed by atoms with van der Waals surface area (Å²) in [6.07, 6.45) is 5.36. The Morgan fingerprint density at radius 1 is 1.29 bits per heavy atom. The van der Waals surface area contributed by atoms with Crippen LogP contribution in [0.5, 0.6) is 0 Å². The molecule has 1 saturated carbocycles. The monoisotopic (exact) mass is 282 g/mol. The van der Waals surface area contributed by atoms with Gasteiger partial charge in [0, 0.05) is 18.3 Å². The Morgan fingerprint density at radius 2 is 2.14 bits per heavy atom. The molecule has 0 aliphatic heterocycles. The number of aromatic nitrogens is 3. The van der Waals surface area contributed by atoms with Gasteiger partial charge in [-0.1, -0.05) is 6.07 Å². The van der Waals surface area contributed by atoms with Gasteiger partial charge in [-0.25, -0.2) is 13.9 Å². The lowest BCUT2D eigenvalue weighted by molar-refractivity contribution is 0.610. The highest BCUT2D eigenvalue weighted by Gasteiger charge is 2.30. The first-order valence-corrected chi connectivity index (χ1v) is 7.09. The first-order valence-electron chi connectivity index (χ1n) is 7.09. The van der Waals surface area contributed by atoms with Crippen molar-refractivity contribution in [2.75, 3.05) is 0 Å². The molecule has 0 saturated heterocycles. The van der Waals surface area contributed by atoms with Crippen LogP contribution in [-0.4, -0.2) is 14.6 Å². The van der Waals surface area contributed by atoms with Gasteiger partial charge in [0.25, 0.3) is 0 Å². The van der Waals surface area contributed by atoms with Gasteiger partial charge in [-0.15, -0.1) is 0 Å². The molecule has 1 aliphatic carbocycles. The molecule has 5 heteroatoms. The van der Waals surface area contributed by atoms with E-state index in [0.29, 0.717) is 23.7 Å². The minimum absolute atomic E-state index is 0.178. The maximum Gasteiger partial charge on any atom is 0.137 e. The number of halogens is 1. The molecule has 2 aromatic heterocycles. The molecule has 0 unspecified atom stereocenters. The van der Waals surface area contributed by atoms with Crippen molar-refractivity contribution in [1.29, 1.82) is 0 Å². The lowest BCUT2D eigenvalue weighted by Gasteiger charge is -2.12. The van der Waals surface area contributed by atoms with Crippen molar-refractivity contribution in [3.8, 4) is 11.3 Å². The fraction of sp³-hybridized carbons (Fsp3) is 0.250. The zero-order valence-corrected chi connectivity index (χ0v) is 11.5. The molecule has 4 rings (SSSR count). The van der Waals surface area contributed by atoms with Crippen molar-refractivity contribution in [3.05, 3.63) is 53.7 Å². The molecule has 2 N–H and O–H groups in total. The van der Waals surface area contributed by atoms with E-state index in [4.69, 9.17) is 5.73 Å². The number of rotatable bonds is 3. The maximum atomic E-state index is 15.0. The molecule has 106 valence electrons.